The minimum atomic E-state index is -0.252. The highest BCUT2D eigenvalue weighted by Gasteiger charge is 2.32. The van der Waals surface area contributed by atoms with Crippen LogP contribution in [0.15, 0.2) is 54.6 Å². The Morgan fingerprint density at radius 3 is 2.39 bits per heavy atom. The van der Waals surface area contributed by atoms with Gasteiger partial charge in [0.15, 0.2) is 0 Å². The number of carbonyl (C=O) groups is 2. The molecule has 1 saturated heterocycles. The molecule has 2 aromatic carbocycles. The van der Waals surface area contributed by atoms with Crippen LogP contribution in [0, 0.1) is 5.92 Å². The molecule has 1 aliphatic rings. The Morgan fingerprint density at radius 1 is 1.10 bits per heavy atom. The maximum Gasteiger partial charge on any atom is 0.306 e. The van der Waals surface area contributed by atoms with Gasteiger partial charge in [-0.2, -0.15) is 0 Å². The van der Waals surface area contributed by atoms with Crippen LogP contribution in [0.4, 0.5) is 5.69 Å². The molecular formula is C25H31ClN2O3. The number of anilines is 1. The van der Waals surface area contributed by atoms with Crippen molar-refractivity contribution in [1.82, 2.24) is 4.90 Å². The Bertz CT molecular complexity index is 866. The number of halogens is 1. The van der Waals surface area contributed by atoms with Crippen LogP contribution in [0.3, 0.4) is 0 Å². The summed E-state index contributed by atoms with van der Waals surface area (Å²) in [5.74, 6) is 0.306. The summed E-state index contributed by atoms with van der Waals surface area (Å²) < 4.78 is 5.23. The third kappa shape index (κ3) is 6.31. The van der Waals surface area contributed by atoms with Gasteiger partial charge >= 0.3 is 5.97 Å². The first kappa shape index (κ1) is 23.3. The van der Waals surface area contributed by atoms with Crippen LogP contribution in [-0.2, 0) is 14.3 Å². The van der Waals surface area contributed by atoms with E-state index in [9.17, 15) is 9.59 Å². The average Bonchev–Trinajstić information content (AvgIpc) is 2.79. The highest BCUT2D eigenvalue weighted by atomic mass is 35.5. The van der Waals surface area contributed by atoms with Crippen molar-refractivity contribution in [1.29, 1.82) is 0 Å². The van der Waals surface area contributed by atoms with E-state index in [2.05, 4.69) is 22.3 Å². The Labute approximate surface area is 189 Å². The number of carbonyl (C=O) groups excluding carboxylic acids is 2. The van der Waals surface area contributed by atoms with E-state index >= 15 is 0 Å². The van der Waals surface area contributed by atoms with Crippen LogP contribution < -0.4 is 5.32 Å². The quantitative estimate of drug-likeness (QED) is 0.576. The van der Waals surface area contributed by atoms with Crippen LogP contribution >= 0.6 is 11.6 Å². The number of rotatable bonds is 8. The van der Waals surface area contributed by atoms with E-state index in [1.54, 1.807) is 12.1 Å². The van der Waals surface area contributed by atoms with Crippen LogP contribution in [0.5, 0.6) is 0 Å². The topological polar surface area (TPSA) is 58.6 Å². The zero-order chi connectivity index (χ0) is 22.2. The Balaban J connectivity index is 1.61. The number of ether oxygens (including phenoxy) is 1. The van der Waals surface area contributed by atoms with Crippen LogP contribution in [0.1, 0.15) is 44.6 Å². The van der Waals surface area contributed by atoms with Crippen LogP contribution in [-0.4, -0.2) is 42.5 Å². The first-order chi connectivity index (χ1) is 15.0. The highest BCUT2D eigenvalue weighted by Crippen LogP contribution is 2.36. The van der Waals surface area contributed by atoms with Gasteiger partial charge in [-0.1, -0.05) is 54.1 Å². The first-order valence-corrected chi connectivity index (χ1v) is 11.4. The summed E-state index contributed by atoms with van der Waals surface area (Å²) in [5.41, 5.74) is 1.81. The molecule has 3 rings (SSSR count). The van der Waals surface area contributed by atoms with Gasteiger partial charge in [-0.15, -0.1) is 0 Å². The molecule has 5 nitrogen and oxygen atoms in total. The molecule has 0 bridgehead atoms. The fraction of sp³-hybridized carbons (Fsp3) is 0.440. The molecule has 0 spiro atoms. The zero-order valence-electron chi connectivity index (χ0n) is 18.2. The second-order valence-corrected chi connectivity index (χ2v) is 8.45. The number of esters is 1. The molecule has 0 saturated carbocycles. The van der Waals surface area contributed by atoms with Crippen molar-refractivity contribution in [3.63, 3.8) is 0 Å². The maximum absolute atomic E-state index is 12.7. The number of hydrogen-bond donors (Lipinski definition) is 1. The van der Waals surface area contributed by atoms with Gasteiger partial charge in [0.2, 0.25) is 5.91 Å². The second kappa shape index (κ2) is 11.3. The van der Waals surface area contributed by atoms with Crippen molar-refractivity contribution in [2.24, 2.45) is 5.92 Å². The summed E-state index contributed by atoms with van der Waals surface area (Å²) in [5, 5.41) is 3.47. The molecule has 2 aromatic rings. The van der Waals surface area contributed by atoms with Crippen molar-refractivity contribution in [2.45, 2.75) is 45.1 Å². The molecule has 31 heavy (non-hydrogen) atoms. The second-order valence-electron chi connectivity index (χ2n) is 8.04. The van der Waals surface area contributed by atoms with Crippen LogP contribution in [0.2, 0.25) is 5.02 Å². The third-order valence-electron chi connectivity index (χ3n) is 6.12. The number of piperidine rings is 1. The fourth-order valence-corrected chi connectivity index (χ4v) is 4.51. The molecule has 0 unspecified atom stereocenters. The lowest BCUT2D eigenvalue weighted by atomic mass is 9.78. The summed E-state index contributed by atoms with van der Waals surface area (Å²) in [7, 11) is 0. The standard InChI is InChI=1S/C25H31ClN2O3/c1-3-31-24(29)17-21(19-9-5-4-6-10-19)20-13-15-28(16-14-20)18(2)25(30)27-23-12-8-7-11-22(23)26/h4-12,18,20-21H,3,13-17H2,1-2H3,(H,27,30)/t18-,21+/m0/s1. The molecule has 0 aliphatic carbocycles. The van der Waals surface area contributed by atoms with Gasteiger partial charge in [-0.05, 0) is 69.3 Å². The summed E-state index contributed by atoms with van der Waals surface area (Å²) in [6, 6.07) is 17.2. The van der Waals surface area contributed by atoms with Gasteiger partial charge in [0, 0.05) is 0 Å². The molecule has 1 N–H and O–H groups in total. The smallest absolute Gasteiger partial charge is 0.306 e. The van der Waals surface area contributed by atoms with Gasteiger partial charge in [-0.3, -0.25) is 14.5 Å². The van der Waals surface area contributed by atoms with Gasteiger partial charge < -0.3 is 10.1 Å². The molecule has 2 atom stereocenters. The molecular weight excluding hydrogens is 412 g/mol. The van der Waals surface area contributed by atoms with Crippen molar-refractivity contribution in [2.75, 3.05) is 25.0 Å². The number of amides is 1. The summed E-state index contributed by atoms with van der Waals surface area (Å²) in [6.07, 6.45) is 2.26. The van der Waals surface area contributed by atoms with E-state index in [1.165, 1.54) is 5.56 Å². The molecule has 0 aromatic heterocycles. The predicted octanol–water partition coefficient (Wildman–Crippen LogP) is 5.12. The van der Waals surface area contributed by atoms with E-state index in [0.717, 1.165) is 25.9 Å². The normalized spacial score (nSPS) is 17.0. The number of nitrogens with one attached hydrogen (secondary N) is 1. The van der Waals surface area contributed by atoms with Crippen LogP contribution in [0.25, 0.3) is 0 Å². The fourth-order valence-electron chi connectivity index (χ4n) is 4.33. The van der Waals surface area contributed by atoms with Gasteiger partial charge in [0.05, 0.1) is 29.8 Å². The molecule has 1 amide bonds. The molecule has 0 radical (unpaired) electrons. The maximum atomic E-state index is 12.7. The molecule has 6 heteroatoms. The molecule has 1 fully saturated rings. The van der Waals surface area contributed by atoms with Gasteiger partial charge in [0.1, 0.15) is 0 Å². The Hall–Kier alpha value is -2.37. The lowest BCUT2D eigenvalue weighted by molar-refractivity contribution is -0.144. The predicted molar refractivity (Wildman–Crippen MR) is 124 cm³/mol. The van der Waals surface area contributed by atoms with E-state index in [1.807, 2.05) is 44.2 Å². The average molecular weight is 443 g/mol. The number of benzene rings is 2. The number of likely N-dealkylation sites (tertiary alicyclic amines) is 1. The van der Waals surface area contributed by atoms with Crippen molar-refractivity contribution in [3.05, 3.63) is 65.2 Å². The minimum absolute atomic E-state index is 0.0577. The van der Waals surface area contributed by atoms with E-state index in [0.29, 0.717) is 29.7 Å². The molecule has 1 aliphatic heterocycles. The monoisotopic (exact) mass is 442 g/mol. The first-order valence-electron chi connectivity index (χ1n) is 11.0. The van der Waals surface area contributed by atoms with E-state index in [4.69, 9.17) is 16.3 Å². The number of nitrogens with zero attached hydrogens (tertiary/aromatic N) is 1. The number of para-hydroxylation sites is 1. The lowest BCUT2D eigenvalue weighted by Crippen LogP contribution is -2.46. The lowest BCUT2D eigenvalue weighted by Gasteiger charge is -2.38. The largest absolute Gasteiger partial charge is 0.466 e. The van der Waals surface area contributed by atoms with Gasteiger partial charge in [0.25, 0.3) is 0 Å². The zero-order valence-corrected chi connectivity index (χ0v) is 19.0. The van der Waals surface area contributed by atoms with Crippen molar-refractivity contribution in [3.8, 4) is 0 Å². The highest BCUT2D eigenvalue weighted by molar-refractivity contribution is 6.33. The minimum Gasteiger partial charge on any atom is -0.466 e. The molecule has 1 heterocycles. The Morgan fingerprint density at radius 2 is 1.74 bits per heavy atom. The van der Waals surface area contributed by atoms with Crippen molar-refractivity contribution < 1.29 is 14.3 Å². The summed E-state index contributed by atoms with van der Waals surface area (Å²) in [4.78, 5) is 27.2. The Kier molecular flexibility index (Phi) is 8.50. The number of hydrogen-bond acceptors (Lipinski definition) is 4. The van der Waals surface area contributed by atoms with Gasteiger partial charge in [-0.25, -0.2) is 0 Å². The SMILES string of the molecule is CCOC(=O)C[C@H](c1ccccc1)C1CCN([C@@H](C)C(=O)Nc2ccccc2Cl)CC1. The summed E-state index contributed by atoms with van der Waals surface area (Å²) >= 11 is 6.17. The van der Waals surface area contributed by atoms with Crippen molar-refractivity contribution >= 4 is 29.2 Å². The van der Waals surface area contributed by atoms with E-state index in [-0.39, 0.29) is 23.8 Å². The third-order valence-corrected chi connectivity index (χ3v) is 6.45. The molecule has 166 valence electrons. The summed E-state index contributed by atoms with van der Waals surface area (Å²) in [6.45, 7) is 5.79. The van der Waals surface area contributed by atoms with E-state index < -0.39 is 0 Å².